The van der Waals surface area contributed by atoms with E-state index in [2.05, 4.69) is 10.3 Å². The van der Waals surface area contributed by atoms with Crippen LogP contribution >= 0.6 is 11.3 Å². The molecule has 1 aliphatic carbocycles. The second-order valence-electron chi connectivity index (χ2n) is 8.25. The van der Waals surface area contributed by atoms with Crippen LogP contribution in [0, 0.1) is 10.1 Å². The highest BCUT2D eigenvalue weighted by molar-refractivity contribution is 7.16. The lowest BCUT2D eigenvalue weighted by atomic mass is 9.95. The predicted molar refractivity (Wildman–Crippen MR) is 135 cm³/mol. The van der Waals surface area contributed by atoms with Gasteiger partial charge in [0.1, 0.15) is 28.0 Å². The van der Waals surface area contributed by atoms with Gasteiger partial charge in [-0.25, -0.2) is 4.99 Å². The van der Waals surface area contributed by atoms with Crippen LogP contribution in [0.2, 0.25) is 0 Å². The van der Waals surface area contributed by atoms with Crippen LogP contribution < -0.4 is 10.1 Å². The van der Waals surface area contributed by atoms with Gasteiger partial charge in [-0.1, -0.05) is 0 Å². The number of nitrogens with one attached hydrogen (secondary N) is 1. The number of rotatable bonds is 8. The summed E-state index contributed by atoms with van der Waals surface area (Å²) in [5.74, 6) is 1.63. The fourth-order valence-corrected chi connectivity index (χ4v) is 5.46. The number of furan rings is 2. The second kappa shape index (κ2) is 10.2. The van der Waals surface area contributed by atoms with Gasteiger partial charge in [0.15, 0.2) is 0 Å². The first-order valence-corrected chi connectivity index (χ1v) is 12.3. The number of amides is 1. The Hall–Kier alpha value is -4.18. The summed E-state index contributed by atoms with van der Waals surface area (Å²) in [5.41, 5.74) is 1.87. The normalized spacial score (nSPS) is 13.0. The van der Waals surface area contributed by atoms with Crippen LogP contribution in [0.3, 0.4) is 0 Å². The van der Waals surface area contributed by atoms with Crippen LogP contribution in [0.15, 0.2) is 62.6 Å². The number of aliphatic imine (C=N–C) groups is 1. The highest BCUT2D eigenvalue weighted by Gasteiger charge is 2.25. The quantitative estimate of drug-likeness (QED) is 0.176. The van der Waals surface area contributed by atoms with Gasteiger partial charge in [-0.15, -0.1) is 11.3 Å². The molecule has 1 amide bonds. The molecular formula is C26H23N3O6S. The van der Waals surface area contributed by atoms with E-state index in [1.807, 2.05) is 6.07 Å². The standard InChI is InChI=1S/C26H23N3O6S/c1-33-16-8-10-19(21(13-16)29(31)32)22-11-9-18(35-22)15-28-26-24(20-6-2-3-7-23(20)36-26)25(30)27-14-17-5-4-12-34-17/h4-5,8-13,15H,2-3,6-7,14H2,1H3,(H,27,30). The molecule has 0 saturated carbocycles. The molecule has 184 valence electrons. The Bertz CT molecular complexity index is 1430. The third-order valence-corrected chi connectivity index (χ3v) is 7.19. The van der Waals surface area contributed by atoms with E-state index in [1.165, 1.54) is 29.4 Å². The lowest BCUT2D eigenvalue weighted by Crippen LogP contribution is -2.23. The monoisotopic (exact) mass is 505 g/mol. The first kappa shape index (κ1) is 23.6. The van der Waals surface area contributed by atoms with Gasteiger partial charge in [-0.2, -0.15) is 0 Å². The van der Waals surface area contributed by atoms with Crippen molar-refractivity contribution >= 4 is 34.1 Å². The molecule has 0 spiro atoms. The van der Waals surface area contributed by atoms with Gasteiger partial charge < -0.3 is 18.9 Å². The molecule has 0 aliphatic heterocycles. The van der Waals surface area contributed by atoms with Gasteiger partial charge in [0.2, 0.25) is 0 Å². The van der Waals surface area contributed by atoms with Crippen molar-refractivity contribution in [2.45, 2.75) is 32.2 Å². The average Bonchev–Trinajstić information content (AvgIpc) is 3.65. The summed E-state index contributed by atoms with van der Waals surface area (Å²) in [6.45, 7) is 0.293. The van der Waals surface area contributed by atoms with Crippen molar-refractivity contribution in [3.05, 3.63) is 86.4 Å². The number of methoxy groups -OCH3 is 1. The van der Waals surface area contributed by atoms with E-state index < -0.39 is 4.92 Å². The van der Waals surface area contributed by atoms with Gasteiger partial charge in [0.25, 0.3) is 11.6 Å². The van der Waals surface area contributed by atoms with E-state index in [-0.39, 0.29) is 11.6 Å². The van der Waals surface area contributed by atoms with Crippen LogP contribution in [0.5, 0.6) is 5.75 Å². The summed E-state index contributed by atoms with van der Waals surface area (Å²) in [6, 6.07) is 11.5. The first-order chi connectivity index (χ1) is 17.5. The summed E-state index contributed by atoms with van der Waals surface area (Å²) in [7, 11) is 1.45. The summed E-state index contributed by atoms with van der Waals surface area (Å²) in [6.07, 6.45) is 7.01. The molecule has 0 atom stereocenters. The number of carbonyl (C=O) groups excluding carboxylic acids is 1. The van der Waals surface area contributed by atoms with E-state index in [0.717, 1.165) is 31.2 Å². The molecule has 0 bridgehead atoms. The average molecular weight is 506 g/mol. The minimum absolute atomic E-state index is 0.117. The number of hydrogen-bond donors (Lipinski definition) is 1. The van der Waals surface area contributed by atoms with Crippen molar-refractivity contribution in [1.82, 2.24) is 5.32 Å². The topological polar surface area (TPSA) is 120 Å². The molecule has 1 aliphatic rings. The zero-order chi connectivity index (χ0) is 25.1. The number of benzene rings is 1. The van der Waals surface area contributed by atoms with Gasteiger partial charge in [0, 0.05) is 4.88 Å². The fraction of sp³-hybridized carbons (Fsp3) is 0.231. The summed E-state index contributed by atoms with van der Waals surface area (Å²) in [5, 5.41) is 15.1. The number of nitro groups is 1. The van der Waals surface area contributed by atoms with Gasteiger partial charge >= 0.3 is 0 Å². The van der Waals surface area contributed by atoms with Crippen molar-refractivity contribution in [1.29, 1.82) is 0 Å². The third kappa shape index (κ3) is 4.80. The molecule has 0 unspecified atom stereocenters. The van der Waals surface area contributed by atoms with Crippen molar-refractivity contribution in [2.24, 2.45) is 4.99 Å². The van der Waals surface area contributed by atoms with Gasteiger partial charge in [-0.05, 0) is 67.6 Å². The van der Waals surface area contributed by atoms with Crippen LogP contribution in [-0.2, 0) is 19.4 Å². The third-order valence-electron chi connectivity index (χ3n) is 5.99. The predicted octanol–water partition coefficient (Wildman–Crippen LogP) is 6.08. The van der Waals surface area contributed by atoms with Crippen LogP contribution in [0.25, 0.3) is 11.3 Å². The van der Waals surface area contributed by atoms with E-state index in [4.69, 9.17) is 13.6 Å². The maximum Gasteiger partial charge on any atom is 0.284 e. The number of nitro benzene ring substituents is 1. The molecule has 0 fully saturated rings. The molecule has 0 saturated heterocycles. The van der Waals surface area contributed by atoms with Crippen molar-refractivity contribution in [3.8, 4) is 17.1 Å². The lowest BCUT2D eigenvalue weighted by molar-refractivity contribution is -0.384. The molecule has 4 aromatic rings. The zero-order valence-corrected chi connectivity index (χ0v) is 20.3. The molecule has 3 aromatic heterocycles. The minimum Gasteiger partial charge on any atom is -0.497 e. The molecular weight excluding hydrogens is 482 g/mol. The van der Waals surface area contributed by atoms with Crippen LogP contribution in [0.4, 0.5) is 10.7 Å². The van der Waals surface area contributed by atoms with Crippen LogP contribution in [0.1, 0.15) is 45.2 Å². The summed E-state index contributed by atoms with van der Waals surface area (Å²) >= 11 is 1.52. The molecule has 36 heavy (non-hydrogen) atoms. The summed E-state index contributed by atoms with van der Waals surface area (Å²) < 4.78 is 16.3. The number of nitrogens with zero attached hydrogens (tertiary/aromatic N) is 2. The lowest BCUT2D eigenvalue weighted by Gasteiger charge is -2.12. The Labute approximate surface area is 210 Å². The number of aryl methyl sites for hydroxylation is 1. The SMILES string of the molecule is COc1ccc(-c2ccc(C=Nc3sc4c(c3C(=O)NCc3ccco3)CCCC4)o2)c([N+](=O)[O-])c1. The maximum absolute atomic E-state index is 13.1. The second-order valence-corrected chi connectivity index (χ2v) is 9.34. The molecule has 10 heteroatoms. The van der Waals surface area contributed by atoms with Crippen molar-refractivity contribution in [2.75, 3.05) is 7.11 Å². The molecule has 0 radical (unpaired) electrons. The molecule has 1 N–H and O–H groups in total. The molecule has 3 heterocycles. The maximum atomic E-state index is 13.1. The number of ether oxygens (including phenoxy) is 1. The van der Waals surface area contributed by atoms with Crippen LogP contribution in [-0.4, -0.2) is 24.2 Å². The van der Waals surface area contributed by atoms with Crippen molar-refractivity contribution in [3.63, 3.8) is 0 Å². The Balaban J connectivity index is 1.41. The minimum atomic E-state index is -0.474. The Morgan fingerprint density at radius 2 is 2.11 bits per heavy atom. The van der Waals surface area contributed by atoms with Gasteiger partial charge in [0.05, 0.1) is 48.2 Å². The first-order valence-electron chi connectivity index (χ1n) is 11.5. The highest BCUT2D eigenvalue weighted by atomic mass is 32.1. The number of thiophene rings is 1. The van der Waals surface area contributed by atoms with E-state index >= 15 is 0 Å². The number of hydrogen-bond acceptors (Lipinski definition) is 8. The molecule has 5 rings (SSSR count). The summed E-state index contributed by atoms with van der Waals surface area (Å²) in [4.78, 5) is 30.0. The smallest absolute Gasteiger partial charge is 0.284 e. The molecule has 1 aromatic carbocycles. The fourth-order valence-electron chi connectivity index (χ4n) is 4.23. The van der Waals surface area contributed by atoms with E-state index in [0.29, 0.717) is 45.7 Å². The zero-order valence-electron chi connectivity index (χ0n) is 19.5. The highest BCUT2D eigenvalue weighted by Crippen LogP contribution is 2.40. The van der Waals surface area contributed by atoms with E-state index in [9.17, 15) is 14.9 Å². The number of fused-ring (bicyclic) bond motifs is 1. The largest absolute Gasteiger partial charge is 0.497 e. The van der Waals surface area contributed by atoms with E-state index in [1.54, 1.807) is 42.8 Å². The number of carbonyl (C=O) groups is 1. The Kier molecular flexibility index (Phi) is 6.68. The molecule has 9 nitrogen and oxygen atoms in total. The van der Waals surface area contributed by atoms with Gasteiger partial charge in [-0.3, -0.25) is 14.9 Å². The Morgan fingerprint density at radius 3 is 2.89 bits per heavy atom. The Morgan fingerprint density at radius 1 is 1.25 bits per heavy atom. The van der Waals surface area contributed by atoms with Crippen molar-refractivity contribution < 1.29 is 23.3 Å².